The number of carboxylic acid groups (broad SMARTS) is 1. The minimum atomic E-state index is -1.18. The largest absolute Gasteiger partial charge is 0.493 e. The van der Waals surface area contributed by atoms with Crippen molar-refractivity contribution >= 4 is 29.4 Å². The number of imide groups is 1. The van der Waals surface area contributed by atoms with Gasteiger partial charge in [-0.3, -0.25) is 24.1 Å². The van der Waals surface area contributed by atoms with Crippen LogP contribution in [0.5, 0.6) is 11.5 Å². The fraction of sp³-hybridized carbons (Fsp3) is 0.304. The maximum Gasteiger partial charge on any atom is 0.305 e. The van der Waals surface area contributed by atoms with Gasteiger partial charge in [0.1, 0.15) is 0 Å². The maximum atomic E-state index is 13.3. The molecule has 0 spiro atoms. The standard InChI is InChI=1S/C23H24N2O7/c1-12(2)32-19-10-14(8-9-18(19)31-4)17(11-20(27)28)25-22(29)15-6-5-7-16(24-13(3)26)21(15)23(25)30/h5-10,12,17H,11H2,1-4H3,(H,24,26)(H,27,28)/t17-/m0/s1. The fourth-order valence-electron chi connectivity index (χ4n) is 3.65. The van der Waals surface area contributed by atoms with Crippen molar-refractivity contribution in [3.8, 4) is 11.5 Å². The summed E-state index contributed by atoms with van der Waals surface area (Å²) in [5.74, 6) is -2.09. The molecule has 1 heterocycles. The van der Waals surface area contributed by atoms with Crippen LogP contribution in [0.15, 0.2) is 36.4 Å². The molecule has 32 heavy (non-hydrogen) atoms. The summed E-state index contributed by atoms with van der Waals surface area (Å²) in [7, 11) is 1.48. The number of carbonyl (C=O) groups is 4. The van der Waals surface area contributed by atoms with Gasteiger partial charge in [-0.1, -0.05) is 12.1 Å². The normalized spacial score (nSPS) is 13.7. The van der Waals surface area contributed by atoms with Crippen LogP contribution in [0.25, 0.3) is 0 Å². The molecule has 3 rings (SSSR count). The smallest absolute Gasteiger partial charge is 0.305 e. The van der Waals surface area contributed by atoms with Crippen LogP contribution in [-0.2, 0) is 9.59 Å². The van der Waals surface area contributed by atoms with E-state index in [0.29, 0.717) is 17.1 Å². The molecule has 2 aromatic rings. The molecular formula is C23H24N2O7. The number of rotatable bonds is 8. The summed E-state index contributed by atoms with van der Waals surface area (Å²) in [5.41, 5.74) is 0.738. The van der Waals surface area contributed by atoms with Crippen LogP contribution in [-0.4, -0.2) is 46.9 Å². The SMILES string of the molecule is COc1ccc([C@H](CC(=O)O)N2C(=O)c3cccc(NC(C)=O)c3C2=O)cc1OC(C)C. The molecule has 0 aliphatic carbocycles. The Bertz CT molecular complexity index is 1090. The summed E-state index contributed by atoms with van der Waals surface area (Å²) in [6, 6.07) is 8.21. The summed E-state index contributed by atoms with van der Waals surface area (Å²) in [4.78, 5) is 50.6. The van der Waals surface area contributed by atoms with Gasteiger partial charge in [-0.25, -0.2) is 0 Å². The van der Waals surface area contributed by atoms with Gasteiger partial charge in [0, 0.05) is 6.92 Å². The van der Waals surface area contributed by atoms with E-state index in [1.54, 1.807) is 24.3 Å². The van der Waals surface area contributed by atoms with Crippen molar-refractivity contribution in [1.29, 1.82) is 0 Å². The fourth-order valence-corrected chi connectivity index (χ4v) is 3.65. The number of hydrogen-bond acceptors (Lipinski definition) is 6. The van der Waals surface area contributed by atoms with Gasteiger partial charge in [0.2, 0.25) is 5.91 Å². The van der Waals surface area contributed by atoms with Crippen LogP contribution >= 0.6 is 0 Å². The molecule has 1 aliphatic rings. The average molecular weight is 440 g/mol. The maximum absolute atomic E-state index is 13.3. The first kappa shape index (κ1) is 22.8. The Balaban J connectivity index is 2.09. The Morgan fingerprint density at radius 2 is 1.81 bits per heavy atom. The van der Waals surface area contributed by atoms with E-state index in [9.17, 15) is 24.3 Å². The molecule has 0 bridgehead atoms. The number of carbonyl (C=O) groups excluding carboxylic acids is 3. The van der Waals surface area contributed by atoms with Crippen LogP contribution in [0, 0.1) is 0 Å². The van der Waals surface area contributed by atoms with Gasteiger partial charge < -0.3 is 19.9 Å². The average Bonchev–Trinajstić information content (AvgIpc) is 2.96. The highest BCUT2D eigenvalue weighted by molar-refractivity contribution is 6.24. The molecule has 3 amide bonds. The highest BCUT2D eigenvalue weighted by Gasteiger charge is 2.43. The Labute approximate surface area is 184 Å². The van der Waals surface area contributed by atoms with Gasteiger partial charge in [0.05, 0.1) is 42.5 Å². The monoisotopic (exact) mass is 440 g/mol. The number of hydrogen-bond donors (Lipinski definition) is 2. The second kappa shape index (κ2) is 9.09. The number of amides is 3. The number of nitrogens with one attached hydrogen (secondary N) is 1. The Kier molecular flexibility index (Phi) is 6.47. The van der Waals surface area contributed by atoms with E-state index in [1.165, 1.54) is 26.2 Å². The van der Waals surface area contributed by atoms with Gasteiger partial charge in [-0.2, -0.15) is 0 Å². The van der Waals surface area contributed by atoms with Gasteiger partial charge in [-0.05, 0) is 43.7 Å². The lowest BCUT2D eigenvalue weighted by molar-refractivity contribution is -0.138. The lowest BCUT2D eigenvalue weighted by atomic mass is 10.0. The van der Waals surface area contributed by atoms with E-state index in [0.717, 1.165) is 4.90 Å². The van der Waals surface area contributed by atoms with Crippen LogP contribution in [0.2, 0.25) is 0 Å². The van der Waals surface area contributed by atoms with Crippen molar-refractivity contribution in [2.45, 2.75) is 39.3 Å². The third-order valence-electron chi connectivity index (χ3n) is 4.87. The van der Waals surface area contributed by atoms with Crippen molar-refractivity contribution in [3.63, 3.8) is 0 Å². The zero-order valence-electron chi connectivity index (χ0n) is 18.2. The van der Waals surface area contributed by atoms with Crippen LogP contribution in [0.1, 0.15) is 59.5 Å². The number of ether oxygens (including phenoxy) is 2. The molecule has 0 radical (unpaired) electrons. The summed E-state index contributed by atoms with van der Waals surface area (Å²) in [6.45, 7) is 4.95. The minimum absolute atomic E-state index is 0.0373. The molecule has 1 aliphatic heterocycles. The number of benzene rings is 2. The molecule has 2 N–H and O–H groups in total. The zero-order chi connectivity index (χ0) is 23.6. The summed E-state index contributed by atoms with van der Waals surface area (Å²) < 4.78 is 11.1. The Morgan fingerprint density at radius 3 is 2.41 bits per heavy atom. The number of fused-ring (bicyclic) bond motifs is 1. The topological polar surface area (TPSA) is 122 Å². The van der Waals surface area contributed by atoms with Crippen molar-refractivity contribution in [3.05, 3.63) is 53.1 Å². The lowest BCUT2D eigenvalue weighted by Crippen LogP contribution is -2.35. The van der Waals surface area contributed by atoms with Gasteiger partial charge in [0.15, 0.2) is 11.5 Å². The van der Waals surface area contributed by atoms with E-state index in [1.807, 2.05) is 13.8 Å². The molecule has 0 aromatic heterocycles. The third kappa shape index (κ3) is 4.41. The van der Waals surface area contributed by atoms with Crippen LogP contribution < -0.4 is 14.8 Å². The first-order valence-electron chi connectivity index (χ1n) is 9.98. The molecule has 9 nitrogen and oxygen atoms in total. The number of nitrogens with zero attached hydrogens (tertiary/aromatic N) is 1. The molecule has 1 atom stereocenters. The summed E-state index contributed by atoms with van der Waals surface area (Å²) in [6.07, 6.45) is -0.689. The molecule has 0 unspecified atom stereocenters. The molecule has 0 saturated carbocycles. The molecule has 168 valence electrons. The molecular weight excluding hydrogens is 416 g/mol. The zero-order valence-corrected chi connectivity index (χ0v) is 18.2. The van der Waals surface area contributed by atoms with Gasteiger partial charge in [-0.15, -0.1) is 0 Å². The Hall–Kier alpha value is -3.88. The van der Waals surface area contributed by atoms with E-state index in [4.69, 9.17) is 9.47 Å². The van der Waals surface area contributed by atoms with Crippen molar-refractivity contribution < 1.29 is 33.8 Å². The van der Waals surface area contributed by atoms with E-state index in [-0.39, 0.29) is 22.9 Å². The van der Waals surface area contributed by atoms with Crippen LogP contribution in [0.3, 0.4) is 0 Å². The number of anilines is 1. The highest BCUT2D eigenvalue weighted by atomic mass is 16.5. The second-order valence-electron chi connectivity index (χ2n) is 7.58. The third-order valence-corrected chi connectivity index (χ3v) is 4.87. The van der Waals surface area contributed by atoms with Crippen molar-refractivity contribution in [2.24, 2.45) is 0 Å². The summed E-state index contributed by atoms with van der Waals surface area (Å²) >= 11 is 0. The van der Waals surface area contributed by atoms with E-state index < -0.39 is 36.2 Å². The van der Waals surface area contributed by atoms with E-state index >= 15 is 0 Å². The summed E-state index contributed by atoms with van der Waals surface area (Å²) in [5, 5.41) is 12.1. The lowest BCUT2D eigenvalue weighted by Gasteiger charge is -2.26. The number of carboxylic acids is 1. The molecule has 0 saturated heterocycles. The molecule has 0 fully saturated rings. The first-order chi connectivity index (χ1) is 15.1. The number of methoxy groups -OCH3 is 1. The molecule has 2 aromatic carbocycles. The predicted molar refractivity (Wildman–Crippen MR) is 115 cm³/mol. The number of aliphatic carboxylic acids is 1. The van der Waals surface area contributed by atoms with Gasteiger partial charge >= 0.3 is 5.97 Å². The minimum Gasteiger partial charge on any atom is -0.493 e. The van der Waals surface area contributed by atoms with Gasteiger partial charge in [0.25, 0.3) is 11.8 Å². The predicted octanol–water partition coefficient (Wildman–Crippen LogP) is 3.25. The first-order valence-corrected chi connectivity index (χ1v) is 9.98. The highest BCUT2D eigenvalue weighted by Crippen LogP contribution is 2.39. The quantitative estimate of drug-likeness (QED) is 0.604. The van der Waals surface area contributed by atoms with Crippen molar-refractivity contribution in [2.75, 3.05) is 12.4 Å². The Morgan fingerprint density at radius 1 is 1.09 bits per heavy atom. The van der Waals surface area contributed by atoms with Crippen molar-refractivity contribution in [1.82, 2.24) is 4.90 Å². The second-order valence-corrected chi connectivity index (χ2v) is 7.58. The van der Waals surface area contributed by atoms with E-state index in [2.05, 4.69) is 5.32 Å². The van der Waals surface area contributed by atoms with Crippen LogP contribution in [0.4, 0.5) is 5.69 Å². The molecule has 9 heteroatoms.